The lowest BCUT2D eigenvalue weighted by Crippen LogP contribution is -2.30. The largest absolute Gasteiger partial charge is 0.481 e. The SMILES string of the molecule is O=C(O)[C@@H]1CCN(C(=O)c2cccc(N3CCCC3=O)c2)C1. The molecule has 1 N–H and O–H groups in total. The average molecular weight is 302 g/mol. The summed E-state index contributed by atoms with van der Waals surface area (Å²) in [4.78, 5) is 38.5. The van der Waals surface area contributed by atoms with Crippen molar-refractivity contribution in [3.05, 3.63) is 29.8 Å². The summed E-state index contributed by atoms with van der Waals surface area (Å²) in [5, 5.41) is 9.02. The third kappa shape index (κ3) is 2.68. The van der Waals surface area contributed by atoms with Crippen LogP contribution in [0.4, 0.5) is 5.69 Å². The van der Waals surface area contributed by atoms with E-state index in [2.05, 4.69) is 0 Å². The summed E-state index contributed by atoms with van der Waals surface area (Å²) in [6, 6.07) is 7.02. The molecule has 2 heterocycles. The number of carbonyl (C=O) groups excluding carboxylic acids is 2. The van der Waals surface area contributed by atoms with Crippen LogP contribution in [-0.2, 0) is 9.59 Å². The Morgan fingerprint density at radius 3 is 2.68 bits per heavy atom. The molecular weight excluding hydrogens is 284 g/mol. The Labute approximate surface area is 128 Å². The second-order valence-electron chi connectivity index (χ2n) is 5.77. The Kier molecular flexibility index (Phi) is 3.83. The van der Waals surface area contributed by atoms with Crippen molar-refractivity contribution < 1.29 is 19.5 Å². The first-order valence-corrected chi connectivity index (χ1v) is 7.49. The van der Waals surface area contributed by atoms with E-state index in [1.54, 1.807) is 28.0 Å². The van der Waals surface area contributed by atoms with Gasteiger partial charge in [0.2, 0.25) is 5.91 Å². The second kappa shape index (κ2) is 5.79. The predicted octanol–water partition coefficient (Wildman–Crippen LogP) is 1.36. The van der Waals surface area contributed by atoms with Crippen molar-refractivity contribution in [1.82, 2.24) is 4.90 Å². The highest BCUT2D eigenvalue weighted by Gasteiger charge is 2.31. The Hall–Kier alpha value is -2.37. The summed E-state index contributed by atoms with van der Waals surface area (Å²) in [5.74, 6) is -1.42. The molecule has 1 atom stereocenters. The summed E-state index contributed by atoms with van der Waals surface area (Å²) >= 11 is 0. The Bertz CT molecular complexity index is 628. The highest BCUT2D eigenvalue weighted by atomic mass is 16.4. The zero-order valence-electron chi connectivity index (χ0n) is 12.2. The van der Waals surface area contributed by atoms with Crippen molar-refractivity contribution in [3.8, 4) is 0 Å². The van der Waals surface area contributed by atoms with Crippen molar-refractivity contribution in [2.24, 2.45) is 5.92 Å². The van der Waals surface area contributed by atoms with Crippen LogP contribution in [-0.4, -0.2) is 47.4 Å². The van der Waals surface area contributed by atoms with E-state index in [0.717, 1.165) is 12.1 Å². The zero-order chi connectivity index (χ0) is 15.7. The third-order valence-electron chi connectivity index (χ3n) is 4.30. The van der Waals surface area contributed by atoms with Crippen LogP contribution in [0, 0.1) is 5.92 Å². The topological polar surface area (TPSA) is 77.9 Å². The molecular formula is C16H18N2O4. The lowest BCUT2D eigenvalue weighted by Gasteiger charge is -2.19. The molecule has 0 bridgehead atoms. The predicted molar refractivity (Wildman–Crippen MR) is 79.7 cm³/mol. The van der Waals surface area contributed by atoms with E-state index in [4.69, 9.17) is 5.11 Å². The van der Waals surface area contributed by atoms with E-state index in [9.17, 15) is 14.4 Å². The molecule has 0 spiro atoms. The van der Waals surface area contributed by atoms with Crippen molar-refractivity contribution in [2.75, 3.05) is 24.5 Å². The monoisotopic (exact) mass is 302 g/mol. The quantitative estimate of drug-likeness (QED) is 0.914. The number of rotatable bonds is 3. The van der Waals surface area contributed by atoms with E-state index in [0.29, 0.717) is 31.5 Å². The van der Waals surface area contributed by atoms with Gasteiger partial charge < -0.3 is 14.9 Å². The van der Waals surface area contributed by atoms with Crippen molar-refractivity contribution in [1.29, 1.82) is 0 Å². The zero-order valence-corrected chi connectivity index (χ0v) is 12.2. The van der Waals surface area contributed by atoms with E-state index in [1.165, 1.54) is 0 Å². The highest BCUT2D eigenvalue weighted by molar-refractivity contribution is 5.99. The molecule has 0 radical (unpaired) electrons. The number of carboxylic acids is 1. The molecule has 22 heavy (non-hydrogen) atoms. The molecule has 6 nitrogen and oxygen atoms in total. The van der Waals surface area contributed by atoms with E-state index in [-0.39, 0.29) is 18.4 Å². The number of anilines is 1. The van der Waals surface area contributed by atoms with E-state index in [1.807, 2.05) is 6.07 Å². The van der Waals surface area contributed by atoms with Crippen LogP contribution in [0.5, 0.6) is 0 Å². The van der Waals surface area contributed by atoms with Crippen LogP contribution in [0.1, 0.15) is 29.6 Å². The fourth-order valence-corrected chi connectivity index (χ4v) is 3.06. The molecule has 116 valence electrons. The van der Waals surface area contributed by atoms with E-state index < -0.39 is 11.9 Å². The minimum Gasteiger partial charge on any atom is -0.481 e. The fraction of sp³-hybridized carbons (Fsp3) is 0.438. The van der Waals surface area contributed by atoms with Crippen molar-refractivity contribution in [2.45, 2.75) is 19.3 Å². The van der Waals surface area contributed by atoms with Crippen LogP contribution >= 0.6 is 0 Å². The maximum atomic E-state index is 12.5. The lowest BCUT2D eigenvalue weighted by molar-refractivity contribution is -0.141. The molecule has 3 rings (SSSR count). The van der Waals surface area contributed by atoms with Gasteiger partial charge in [-0.05, 0) is 31.0 Å². The van der Waals surface area contributed by atoms with Crippen molar-refractivity contribution >= 4 is 23.5 Å². The van der Waals surface area contributed by atoms with Crippen LogP contribution in [0.2, 0.25) is 0 Å². The molecule has 2 saturated heterocycles. The number of hydrogen-bond donors (Lipinski definition) is 1. The number of carboxylic acid groups (broad SMARTS) is 1. The number of aliphatic carboxylic acids is 1. The normalized spacial score (nSPS) is 21.5. The molecule has 0 aliphatic carbocycles. The summed E-state index contributed by atoms with van der Waals surface area (Å²) in [5.41, 5.74) is 1.24. The molecule has 2 fully saturated rings. The van der Waals surface area contributed by atoms with E-state index >= 15 is 0 Å². The van der Waals surface area contributed by atoms with Gasteiger partial charge in [-0.15, -0.1) is 0 Å². The first kappa shape index (κ1) is 14.6. The van der Waals surface area contributed by atoms with Gasteiger partial charge in [-0.2, -0.15) is 0 Å². The van der Waals surface area contributed by atoms with Crippen LogP contribution in [0.25, 0.3) is 0 Å². The summed E-state index contributed by atoms with van der Waals surface area (Å²) in [7, 11) is 0. The second-order valence-corrected chi connectivity index (χ2v) is 5.77. The molecule has 2 aliphatic heterocycles. The van der Waals surface area contributed by atoms with Gasteiger partial charge in [0, 0.05) is 37.3 Å². The smallest absolute Gasteiger partial charge is 0.308 e. The molecule has 0 aromatic heterocycles. The Morgan fingerprint density at radius 1 is 1.23 bits per heavy atom. The average Bonchev–Trinajstić information content (AvgIpc) is 3.15. The molecule has 2 amide bonds. The van der Waals surface area contributed by atoms with Gasteiger partial charge in [0.25, 0.3) is 5.91 Å². The molecule has 1 aromatic rings. The maximum Gasteiger partial charge on any atom is 0.308 e. The molecule has 2 aliphatic rings. The van der Waals surface area contributed by atoms with Gasteiger partial charge in [-0.25, -0.2) is 0 Å². The maximum absolute atomic E-state index is 12.5. The molecule has 0 saturated carbocycles. The Morgan fingerprint density at radius 2 is 2.05 bits per heavy atom. The van der Waals surface area contributed by atoms with Gasteiger partial charge >= 0.3 is 5.97 Å². The molecule has 0 unspecified atom stereocenters. The summed E-state index contributed by atoms with van der Waals surface area (Å²) < 4.78 is 0. The van der Waals surface area contributed by atoms with Crippen LogP contribution < -0.4 is 4.90 Å². The standard InChI is InChI=1S/C16H18N2O4/c19-14-5-2-7-18(14)13-4-1-3-11(9-13)15(20)17-8-6-12(10-17)16(21)22/h1,3-4,9,12H,2,5-8,10H2,(H,21,22)/t12-/m1/s1. The van der Waals surface area contributed by atoms with Gasteiger partial charge in [0.15, 0.2) is 0 Å². The molecule has 6 heteroatoms. The minimum absolute atomic E-state index is 0.0803. The van der Waals surface area contributed by atoms with Gasteiger partial charge in [-0.3, -0.25) is 14.4 Å². The lowest BCUT2D eigenvalue weighted by atomic mass is 10.1. The summed E-state index contributed by atoms with van der Waals surface area (Å²) in [6.45, 7) is 1.39. The first-order chi connectivity index (χ1) is 10.6. The number of likely N-dealkylation sites (tertiary alicyclic amines) is 1. The minimum atomic E-state index is -0.855. The Balaban J connectivity index is 1.76. The number of hydrogen-bond acceptors (Lipinski definition) is 3. The number of benzene rings is 1. The number of amides is 2. The highest BCUT2D eigenvalue weighted by Crippen LogP contribution is 2.24. The van der Waals surface area contributed by atoms with Crippen LogP contribution in [0.15, 0.2) is 24.3 Å². The molecule has 1 aromatic carbocycles. The fourth-order valence-electron chi connectivity index (χ4n) is 3.06. The number of carbonyl (C=O) groups is 3. The first-order valence-electron chi connectivity index (χ1n) is 7.49. The summed E-state index contributed by atoms with van der Waals surface area (Å²) in [6.07, 6.45) is 1.87. The van der Waals surface area contributed by atoms with Gasteiger partial charge in [0.1, 0.15) is 0 Å². The third-order valence-corrected chi connectivity index (χ3v) is 4.30. The van der Waals surface area contributed by atoms with Crippen LogP contribution in [0.3, 0.4) is 0 Å². The number of nitrogens with zero attached hydrogens (tertiary/aromatic N) is 2. The van der Waals surface area contributed by atoms with Gasteiger partial charge in [0.05, 0.1) is 5.92 Å². The van der Waals surface area contributed by atoms with Gasteiger partial charge in [-0.1, -0.05) is 6.07 Å². The van der Waals surface area contributed by atoms with Crippen molar-refractivity contribution in [3.63, 3.8) is 0 Å².